The number of likely N-dealkylation sites (N-methyl/N-ethyl adjacent to an activating group) is 3. The van der Waals surface area contributed by atoms with Gasteiger partial charge in [0.25, 0.3) is 0 Å². The number of thioether (sulfide) groups is 1. The number of phenols is 1. The number of carbonyl (C=O) groups is 17. The average molecular weight is 1980 g/mol. The maximum Gasteiger partial charge on any atom is 0.305 e. The van der Waals surface area contributed by atoms with Gasteiger partial charge < -0.3 is 131 Å². The van der Waals surface area contributed by atoms with E-state index in [0.29, 0.717) is 77.0 Å². The van der Waals surface area contributed by atoms with Crippen molar-refractivity contribution in [2.24, 2.45) is 28.9 Å². The Hall–Kier alpha value is -13.6. The minimum Gasteiger partial charge on any atom is -0.508 e. The molecule has 770 valence electrons. The molecule has 15 atom stereocenters. The molecule has 45 heteroatoms. The summed E-state index contributed by atoms with van der Waals surface area (Å²) in [5, 5.41) is 68.3. The quantitative estimate of drug-likeness (QED) is 0.0150. The number of primary amides is 1. The van der Waals surface area contributed by atoms with Crippen LogP contribution >= 0.6 is 11.8 Å². The lowest BCUT2D eigenvalue weighted by Gasteiger charge is -2.36. The summed E-state index contributed by atoms with van der Waals surface area (Å²) < 4.78 is 0. The summed E-state index contributed by atoms with van der Waals surface area (Å²) in [7, 11) is 3.96. The number of nitrogens with zero attached hydrogens (tertiary/aromatic N) is 6. The Kier molecular flexibility index (Phi) is 44.3. The number of carbonyl (C=O) groups excluding carboxylic acids is 16. The Morgan fingerprint density at radius 3 is 1.70 bits per heavy atom. The molecule has 6 heterocycles. The van der Waals surface area contributed by atoms with Gasteiger partial charge in [-0.05, 0) is 144 Å². The Bertz CT molecular complexity index is 5310. The van der Waals surface area contributed by atoms with Crippen molar-refractivity contribution in [2.45, 2.75) is 261 Å². The van der Waals surface area contributed by atoms with Gasteiger partial charge in [-0.1, -0.05) is 95.5 Å². The first-order valence-corrected chi connectivity index (χ1v) is 48.8. The third kappa shape index (κ3) is 32.5. The molecule has 3 aliphatic heterocycles. The van der Waals surface area contributed by atoms with E-state index in [0.717, 1.165) is 26.5 Å². The summed E-state index contributed by atoms with van der Waals surface area (Å²) in [6, 6.07) is 0.144. The van der Waals surface area contributed by atoms with Crippen LogP contribution in [0.3, 0.4) is 0 Å². The molecule has 0 unspecified atom stereocenters. The van der Waals surface area contributed by atoms with Gasteiger partial charge in [0, 0.05) is 125 Å². The van der Waals surface area contributed by atoms with Crippen LogP contribution in [0.2, 0.25) is 0 Å². The van der Waals surface area contributed by atoms with Crippen molar-refractivity contribution in [2.75, 3.05) is 71.9 Å². The van der Waals surface area contributed by atoms with E-state index in [-0.39, 0.29) is 141 Å². The van der Waals surface area contributed by atoms with Crippen LogP contribution in [0.5, 0.6) is 5.75 Å². The van der Waals surface area contributed by atoms with E-state index in [4.69, 9.17) is 28.3 Å². The molecule has 44 nitrogen and oxygen atoms in total. The van der Waals surface area contributed by atoms with Gasteiger partial charge in [0.05, 0.1) is 42.9 Å². The van der Waals surface area contributed by atoms with Gasteiger partial charge in [-0.25, -0.2) is 4.98 Å². The van der Waals surface area contributed by atoms with Gasteiger partial charge in [-0.15, -0.1) is 11.8 Å². The zero-order valence-corrected chi connectivity index (χ0v) is 80.8. The second kappa shape index (κ2) is 55.4. The maximum absolute atomic E-state index is 16.0. The van der Waals surface area contributed by atoms with Crippen LogP contribution in [-0.2, 0) is 107 Å². The number of para-hydroxylation sites is 2. The number of ketones is 1. The number of fused-ring (bicyclic) bond motifs is 4. The van der Waals surface area contributed by atoms with Crippen LogP contribution in [0.4, 0.5) is 0 Å². The Labute approximate surface area is 822 Å². The highest BCUT2D eigenvalue weighted by atomic mass is 32.2. The first-order valence-electron chi connectivity index (χ1n) is 47.7. The van der Waals surface area contributed by atoms with Crippen LogP contribution in [0, 0.1) is 11.3 Å². The number of aliphatic hydroxyl groups excluding tert-OH is 1. The summed E-state index contributed by atoms with van der Waals surface area (Å²) in [5.74, 6) is -18.8. The minimum atomic E-state index is -1.91. The molecule has 0 bridgehead atoms. The standard InChI is InChI=1S/C95H136N24O20S.CH4/c1-7-9-28-74-88(133)109-67(27-19-37-102-95(99)100)86(131)114-73(84(129)105-49-79(98)123)51-140-52-80(124)107-70(39-55-31-33-60(120)34-32-55)90(135)115(4)54(3)82(127)112-72(45-81(125)126)93(138)118-38-20-30-75(118)89(134)111-69(43-59-48-101-53-106-59)87(132)110-68(26-16-18-36-97)92(137)119-50-61(121)44-77(119)78(122)42-56(40-57-46-103-64-23-13-11-21-62(57)64)83(128)108-66(25-15-17-35-96)85(130)113-71(41-58-47-104-65-24-14-12-22-63(58)65)91(136)117(6)76(29-10-8-2)94(139)116(74)5;/h11-14,21-24,31-34,46-48,53-54,56,61,66-77,103-104,120-121H,7-10,15-20,25-30,35-45,49-52,96-97H2,1-6H3,(H2,98,123)(H,101,106)(H,105,129)(H,107,124)(H,108,128)(H,109,133)(H,110,132)(H,111,134)(H,112,127)(H,113,130)(H,114,131)(H,125,126)(H4,99,100,102);1H4/t54-,56+,61+,66-,67-,68-,69-,70-,71-,72-,73-,74-,75-,76-,77-;/m0./s1. The average Bonchev–Trinajstić information content (AvgIpc) is 1.64. The lowest BCUT2D eigenvalue weighted by Crippen LogP contribution is -2.60. The van der Waals surface area contributed by atoms with Crippen molar-refractivity contribution in [3.8, 4) is 5.75 Å². The Morgan fingerprint density at radius 2 is 1.09 bits per heavy atom. The molecule has 9 rings (SSSR count). The number of guanidine groups is 1. The summed E-state index contributed by atoms with van der Waals surface area (Å²) in [6.45, 7) is 3.95. The zero-order chi connectivity index (χ0) is 102. The molecule has 6 aromatic rings. The van der Waals surface area contributed by atoms with Gasteiger partial charge >= 0.3 is 5.97 Å². The Balaban J connectivity index is 0.0000243. The first-order chi connectivity index (χ1) is 66.9. The number of H-pyrrole nitrogens is 3. The molecule has 0 aliphatic carbocycles. The molecule has 15 amide bonds. The smallest absolute Gasteiger partial charge is 0.305 e. The number of hydrogen-bond donors (Lipinski definition) is 21. The number of rotatable bonds is 31. The van der Waals surface area contributed by atoms with Crippen LogP contribution in [-0.4, -0.2) is 323 Å². The molecule has 3 aliphatic rings. The van der Waals surface area contributed by atoms with Crippen molar-refractivity contribution in [3.05, 3.63) is 120 Å². The van der Waals surface area contributed by atoms with Crippen molar-refractivity contribution in [3.63, 3.8) is 0 Å². The molecular weight excluding hydrogens is 1840 g/mol. The van der Waals surface area contributed by atoms with Crippen molar-refractivity contribution >= 4 is 140 Å². The number of imidazole rings is 1. The van der Waals surface area contributed by atoms with Crippen molar-refractivity contribution < 1.29 is 96.8 Å². The predicted molar refractivity (Wildman–Crippen MR) is 525 cm³/mol. The molecule has 3 aromatic carbocycles. The summed E-state index contributed by atoms with van der Waals surface area (Å²) in [5.41, 5.74) is 26.3. The van der Waals surface area contributed by atoms with E-state index >= 15 is 43.2 Å². The molecule has 0 spiro atoms. The molecule has 0 saturated carbocycles. The number of amides is 15. The number of aliphatic hydroxyl groups is 1. The number of benzene rings is 3. The number of nitrogens with two attached hydrogens (primary N) is 4. The number of carboxylic acids is 1. The zero-order valence-electron chi connectivity index (χ0n) is 80.0. The van der Waals surface area contributed by atoms with E-state index in [1.54, 1.807) is 36.7 Å². The van der Waals surface area contributed by atoms with Crippen LogP contribution in [0.25, 0.3) is 21.8 Å². The number of phenolic OH excluding ortho intramolecular Hbond substituents is 1. The highest BCUT2D eigenvalue weighted by Crippen LogP contribution is 2.31. The normalized spacial score (nSPS) is 24.1. The minimum absolute atomic E-state index is 0. The monoisotopic (exact) mass is 1980 g/mol. The van der Waals surface area contributed by atoms with E-state index in [2.05, 4.69) is 73.1 Å². The number of aromatic nitrogens is 4. The number of nitrogens with one attached hydrogen (secondary N) is 14. The third-order valence-electron chi connectivity index (χ3n) is 25.6. The summed E-state index contributed by atoms with van der Waals surface area (Å²) in [4.78, 5) is 272. The SMILES string of the molecule is C.CCCC[C@H]1C(=O)N(C)[C@@H](CCCC)C(=O)N[C@@H](CCCNC(=N)N)C(=O)N[C@H](C(=O)NCC(N)=O)CSCC(=O)N[C@@H](Cc2ccc(O)cc2)C(=O)N(C)[C@@H](C)C(=O)N[C@@H](CC(=O)O)C(=O)N2CCC[C@H]2C(=O)N[C@@H](Cc2c[nH]cn2)C(=O)N[C@@H](CCCCN)C(=O)N2C[C@H](O)C[C@H]2C(=O)C[C@@H](Cc2c[nH]c3ccccc23)C(=O)N[C@@H](CCCCN)C(=O)N[C@@H](Cc2c[nH]c3ccccc23)C(=O)N1C. The lowest BCUT2D eigenvalue weighted by atomic mass is 9.90. The summed E-state index contributed by atoms with van der Waals surface area (Å²) in [6.07, 6.45) is 4.48. The van der Waals surface area contributed by atoms with Gasteiger partial charge in [-0.3, -0.25) is 86.9 Å². The number of hydrogen-bond acceptors (Lipinski definition) is 24. The number of aromatic hydroxyl groups is 1. The van der Waals surface area contributed by atoms with E-state index in [1.807, 2.05) is 38.1 Å². The fourth-order valence-corrected chi connectivity index (χ4v) is 18.5. The molecular formula is C96H140N24O20S. The highest BCUT2D eigenvalue weighted by molar-refractivity contribution is 8.00. The maximum atomic E-state index is 16.0. The van der Waals surface area contributed by atoms with Gasteiger partial charge in [0.15, 0.2) is 11.7 Å². The van der Waals surface area contributed by atoms with Crippen LogP contribution in [0.15, 0.2) is 97.7 Å². The molecule has 25 N–H and O–H groups in total. The van der Waals surface area contributed by atoms with Gasteiger partial charge in [-0.2, -0.15) is 0 Å². The molecule has 3 aromatic heterocycles. The van der Waals surface area contributed by atoms with E-state index < -0.39 is 234 Å². The van der Waals surface area contributed by atoms with Crippen LogP contribution < -0.4 is 76.1 Å². The Morgan fingerprint density at radius 1 is 0.546 bits per heavy atom. The second-order valence-electron chi connectivity index (χ2n) is 36.0. The topological polar surface area (TPSA) is 676 Å². The number of aliphatic carboxylic acids is 1. The third-order valence-corrected chi connectivity index (χ3v) is 26.6. The molecule has 3 saturated heterocycles. The molecule has 141 heavy (non-hydrogen) atoms. The number of unbranched alkanes of at least 4 members (excludes halogenated alkanes) is 4. The summed E-state index contributed by atoms with van der Waals surface area (Å²) >= 11 is 0.758. The van der Waals surface area contributed by atoms with Crippen molar-refractivity contribution in [1.29, 1.82) is 5.41 Å². The number of carboxylic acid groups (broad SMARTS) is 1. The highest BCUT2D eigenvalue weighted by Gasteiger charge is 2.47. The van der Waals surface area contributed by atoms with Crippen molar-refractivity contribution in [1.82, 2.24) is 97.6 Å². The fourth-order valence-electron chi connectivity index (χ4n) is 17.7. The van der Waals surface area contributed by atoms with E-state index in [9.17, 15) is 53.7 Å². The molecule has 3 fully saturated rings. The number of aromatic amines is 3. The number of Topliss-reactive ketones (excluding diaryl/α,β-unsaturated/α-hetero) is 1. The largest absolute Gasteiger partial charge is 0.508 e. The van der Waals surface area contributed by atoms with Gasteiger partial charge in [0.2, 0.25) is 88.6 Å². The van der Waals surface area contributed by atoms with E-state index in [1.165, 1.54) is 74.7 Å². The second-order valence-corrected chi connectivity index (χ2v) is 37.0. The first kappa shape index (κ1) is 113. The lowest BCUT2D eigenvalue weighted by molar-refractivity contribution is -0.149. The fraction of sp³-hybridized carbons (Fsp3) is 0.552. The molecule has 0 radical (unpaired) electrons. The van der Waals surface area contributed by atoms with Crippen LogP contribution in [0.1, 0.15) is 173 Å². The predicted octanol–water partition coefficient (Wildman–Crippen LogP) is -0.383. The van der Waals surface area contributed by atoms with Gasteiger partial charge in [0.1, 0.15) is 78.3 Å².